The summed E-state index contributed by atoms with van der Waals surface area (Å²) < 4.78 is 28.3. The quantitative estimate of drug-likeness (QED) is 0.0450. The zero-order valence-corrected chi connectivity index (χ0v) is 33.5. The van der Waals surface area contributed by atoms with Crippen LogP contribution in [0, 0.1) is 0 Å². The van der Waals surface area contributed by atoms with Gasteiger partial charge >= 0.3 is 5.63 Å². The zero-order chi connectivity index (χ0) is 47.7. The standard InChI is InChI=1S/C41H34O26/c42-16-1-11-6-62-67-39-38(58-10-57-20-5-14(22(11)30(51)26(16)47)25(46)32(53)29(20)50)36-21(63-41(39)56)9-60-59-8-13-3-17(43)27(48)33(54)34(13)64-35-19(45)4-15-24(31(35)52)23-12(7-61-66-36)2-18(44)28(49)37(23)65-40(15)55/h1-5,21,36,38-39,41-54,56H,6-10H2/t21-,36-,38-,39-,41-/m1/s1. The lowest BCUT2D eigenvalue weighted by molar-refractivity contribution is -0.451. The molecule has 26 nitrogen and oxygen atoms in total. The summed E-state index contributed by atoms with van der Waals surface area (Å²) >= 11 is 0. The predicted molar refractivity (Wildman–Crippen MR) is 211 cm³/mol. The van der Waals surface area contributed by atoms with E-state index in [4.69, 9.17) is 52.7 Å². The first-order valence-corrected chi connectivity index (χ1v) is 19.2. The highest BCUT2D eigenvalue weighted by molar-refractivity contribution is 6.12. The molecule has 4 heterocycles. The minimum Gasteiger partial charge on any atom is -0.504 e. The molecule has 1 aromatic heterocycles. The third kappa shape index (κ3) is 7.44. The van der Waals surface area contributed by atoms with E-state index < -0.39 is 189 Å². The van der Waals surface area contributed by atoms with E-state index in [1.807, 2.05) is 0 Å². The highest BCUT2D eigenvalue weighted by atomic mass is 17.2. The van der Waals surface area contributed by atoms with Crippen molar-refractivity contribution in [2.45, 2.75) is 50.5 Å². The largest absolute Gasteiger partial charge is 0.504 e. The summed E-state index contributed by atoms with van der Waals surface area (Å²) in [6.45, 7) is -4.00. The minimum absolute atomic E-state index is 0.209. The summed E-state index contributed by atoms with van der Waals surface area (Å²) in [5, 5.41) is 150. The number of rotatable bonds is 0. The Bertz CT molecular complexity index is 3040. The van der Waals surface area contributed by atoms with E-state index in [1.165, 1.54) is 0 Å². The van der Waals surface area contributed by atoms with Crippen molar-refractivity contribution in [3.8, 4) is 103 Å². The van der Waals surface area contributed by atoms with Gasteiger partial charge in [0.05, 0.1) is 5.39 Å². The van der Waals surface area contributed by atoms with Gasteiger partial charge in [-0.1, -0.05) is 0 Å². The number of benzene rings is 5. The fourth-order valence-electron chi connectivity index (χ4n) is 7.70. The number of ether oxygens (including phenoxy) is 4. The molecule has 0 amide bonds. The van der Waals surface area contributed by atoms with Crippen molar-refractivity contribution >= 4 is 21.7 Å². The molecule has 0 radical (unpaired) electrons. The molecule has 0 unspecified atom stereocenters. The molecule has 5 aromatic carbocycles. The number of aliphatic hydroxyl groups is 1. The van der Waals surface area contributed by atoms with Gasteiger partial charge in [-0.2, -0.15) is 0 Å². The normalized spacial score (nSPS) is 21.4. The molecule has 4 bridgehead atoms. The fraction of sp³-hybridized carbons (Fsp3) is 0.244. The monoisotopic (exact) mass is 942 g/mol. The van der Waals surface area contributed by atoms with Crippen LogP contribution in [0.3, 0.4) is 0 Å². The highest BCUT2D eigenvalue weighted by Gasteiger charge is 2.50. The van der Waals surface area contributed by atoms with E-state index in [0.717, 1.165) is 30.3 Å². The van der Waals surface area contributed by atoms with Crippen LogP contribution in [0.1, 0.15) is 16.7 Å². The third-order valence-corrected chi connectivity index (χ3v) is 10.9. The lowest BCUT2D eigenvalue weighted by Gasteiger charge is -2.42. The van der Waals surface area contributed by atoms with Gasteiger partial charge in [0.2, 0.25) is 40.2 Å². The number of aromatic hydroxyl groups is 13. The molecule has 0 spiro atoms. The summed E-state index contributed by atoms with van der Waals surface area (Å²) in [6.07, 6.45) is -8.79. The van der Waals surface area contributed by atoms with Crippen molar-refractivity contribution in [3.63, 3.8) is 0 Å². The molecule has 9 rings (SSSR count). The van der Waals surface area contributed by atoms with E-state index >= 15 is 0 Å². The first-order valence-electron chi connectivity index (χ1n) is 19.2. The van der Waals surface area contributed by atoms with Gasteiger partial charge in [-0.3, -0.25) is 0 Å². The molecule has 6 aromatic rings. The predicted octanol–water partition coefficient (Wildman–Crippen LogP) is 2.83. The Morgan fingerprint density at radius 2 is 1.16 bits per heavy atom. The Labute approximate surface area is 370 Å². The highest BCUT2D eigenvalue weighted by Crippen LogP contribution is 2.55. The molecule has 354 valence electrons. The summed E-state index contributed by atoms with van der Waals surface area (Å²) in [5.74, 6) is -15.3. The van der Waals surface area contributed by atoms with Gasteiger partial charge in [0.1, 0.15) is 38.6 Å². The van der Waals surface area contributed by atoms with Crippen LogP contribution in [0.25, 0.3) is 32.9 Å². The maximum absolute atomic E-state index is 13.2. The molecule has 3 aliphatic heterocycles. The van der Waals surface area contributed by atoms with E-state index in [2.05, 4.69) is 0 Å². The Kier molecular flexibility index (Phi) is 11.2. The van der Waals surface area contributed by atoms with Crippen molar-refractivity contribution in [1.82, 2.24) is 0 Å². The molecule has 0 saturated carbocycles. The van der Waals surface area contributed by atoms with E-state index in [0.29, 0.717) is 0 Å². The number of aliphatic hydroxyl groups excluding tert-OH is 1. The van der Waals surface area contributed by atoms with Crippen molar-refractivity contribution in [2.75, 3.05) is 13.4 Å². The van der Waals surface area contributed by atoms with Crippen LogP contribution in [0.4, 0.5) is 0 Å². The second kappa shape index (κ2) is 16.9. The summed E-state index contributed by atoms with van der Waals surface area (Å²) in [5.41, 5.74) is -3.63. The van der Waals surface area contributed by atoms with Gasteiger partial charge in [0.15, 0.2) is 82.6 Å². The van der Waals surface area contributed by atoms with Gasteiger partial charge in [-0.25, -0.2) is 34.1 Å². The Morgan fingerprint density at radius 3 is 1.91 bits per heavy atom. The number of hydrogen-bond donors (Lipinski definition) is 14. The molecule has 1 fully saturated rings. The van der Waals surface area contributed by atoms with E-state index in [1.54, 1.807) is 0 Å². The second-order valence-corrected chi connectivity index (χ2v) is 14.9. The molecule has 3 aliphatic rings. The molecular formula is C41H34O26. The number of phenolic OH excluding ortho intramolecular Hbond substituents is 13. The lowest BCUT2D eigenvalue weighted by atomic mass is 9.96. The summed E-state index contributed by atoms with van der Waals surface area (Å²) in [4.78, 5) is 46.3. The Morgan fingerprint density at radius 1 is 0.522 bits per heavy atom. The van der Waals surface area contributed by atoms with Crippen molar-refractivity contribution < 1.29 is 124 Å². The summed E-state index contributed by atoms with van der Waals surface area (Å²) in [6, 6.07) is 4.38. The smallest absolute Gasteiger partial charge is 0.344 e. The molecule has 5 atom stereocenters. The first-order chi connectivity index (χ1) is 32.0. The molecule has 67 heavy (non-hydrogen) atoms. The van der Waals surface area contributed by atoms with Gasteiger partial charge < -0.3 is 94.9 Å². The second-order valence-electron chi connectivity index (χ2n) is 14.9. The fourth-order valence-corrected chi connectivity index (χ4v) is 7.70. The SMILES string of the molecule is O=c1oc2c(O)c(O)cc3c2c2c(O)c(c(O)cc12)Oc1c(cc(O)c(O)c1O)COOC[C@H]1O[C@@H](O)[C@@H]2OOCc4cc(O)c(O)c(O)c4-c4cc(c(O)c(O)c4O)OCO[C@@H]2[C@@H]1OOC3. The maximum atomic E-state index is 13.2. The van der Waals surface area contributed by atoms with Gasteiger partial charge in [-0.15, -0.1) is 0 Å². The van der Waals surface area contributed by atoms with Crippen LogP contribution < -0.4 is 15.1 Å². The van der Waals surface area contributed by atoms with E-state index in [-0.39, 0.29) is 22.1 Å². The lowest BCUT2D eigenvalue weighted by Crippen LogP contribution is -2.61. The first kappa shape index (κ1) is 44.4. The molecule has 26 heteroatoms. The topological polar surface area (TPSA) is 406 Å². The maximum Gasteiger partial charge on any atom is 0.344 e. The van der Waals surface area contributed by atoms with Crippen LogP contribution in [0.2, 0.25) is 0 Å². The zero-order valence-electron chi connectivity index (χ0n) is 33.5. The molecule has 0 aliphatic carbocycles. The van der Waals surface area contributed by atoms with Crippen LogP contribution >= 0.6 is 0 Å². The minimum atomic E-state index is -2.05. The third-order valence-electron chi connectivity index (χ3n) is 10.9. The van der Waals surface area contributed by atoms with Crippen molar-refractivity contribution in [2.24, 2.45) is 0 Å². The van der Waals surface area contributed by atoms with Crippen molar-refractivity contribution in [1.29, 1.82) is 0 Å². The average molecular weight is 943 g/mol. The van der Waals surface area contributed by atoms with Gasteiger partial charge in [0, 0.05) is 27.5 Å². The number of fused-ring (bicyclic) bond motifs is 9. The van der Waals surface area contributed by atoms with Crippen LogP contribution in [0.15, 0.2) is 39.5 Å². The molecular weight excluding hydrogens is 908 g/mol. The number of hydrogen-bond acceptors (Lipinski definition) is 26. The Hall–Kier alpha value is -7.79. The van der Waals surface area contributed by atoms with Gasteiger partial charge in [-0.05, 0) is 41.5 Å². The van der Waals surface area contributed by atoms with Crippen LogP contribution in [-0.4, -0.2) is 116 Å². The van der Waals surface area contributed by atoms with Crippen molar-refractivity contribution in [3.05, 3.63) is 57.4 Å². The van der Waals surface area contributed by atoms with Crippen LogP contribution in [-0.2, 0) is 58.6 Å². The average Bonchev–Trinajstić information content (AvgIpc) is 3.30. The van der Waals surface area contributed by atoms with Gasteiger partial charge in [0.25, 0.3) is 0 Å². The van der Waals surface area contributed by atoms with E-state index in [9.17, 15) is 76.3 Å². The Balaban J connectivity index is 1.15. The number of phenols is 13. The van der Waals surface area contributed by atoms with Crippen LogP contribution in [0.5, 0.6) is 92.0 Å². The molecule has 14 N–H and O–H groups in total. The summed E-state index contributed by atoms with van der Waals surface area (Å²) in [7, 11) is 0. The molecule has 1 saturated heterocycles.